The molecule has 0 spiro atoms. The summed E-state index contributed by atoms with van der Waals surface area (Å²) in [6.45, 7) is 2.52. The third-order valence-corrected chi connectivity index (χ3v) is 6.16. The number of carbonyl (C=O) groups is 2. The van der Waals surface area contributed by atoms with E-state index in [1.807, 2.05) is 0 Å². The average molecular weight is 386 g/mol. The van der Waals surface area contributed by atoms with Gasteiger partial charge in [-0.3, -0.25) is 9.59 Å². The molecular weight excluding hydrogens is 363 g/mol. The van der Waals surface area contributed by atoms with Crippen LogP contribution in [-0.4, -0.2) is 62.8 Å². The Morgan fingerprint density at radius 1 is 1.23 bits per heavy atom. The minimum Gasteiger partial charge on any atom is -0.466 e. The molecule has 0 N–H and O–H groups in total. The molecule has 1 amide bonds. The summed E-state index contributed by atoms with van der Waals surface area (Å²) in [4.78, 5) is 25.6. The van der Waals surface area contributed by atoms with Gasteiger partial charge in [-0.1, -0.05) is 0 Å². The Labute approximate surface area is 152 Å². The third kappa shape index (κ3) is 4.79. The molecule has 1 aromatic rings. The normalized spacial score (nSPS) is 15.9. The van der Waals surface area contributed by atoms with E-state index in [0.717, 1.165) is 28.6 Å². The molecule has 1 saturated heterocycles. The van der Waals surface area contributed by atoms with Crippen LogP contribution in [0.1, 0.15) is 19.8 Å². The van der Waals surface area contributed by atoms with Crippen molar-refractivity contribution in [2.24, 2.45) is 5.92 Å². The lowest BCUT2D eigenvalue weighted by Crippen LogP contribution is -2.45. The van der Waals surface area contributed by atoms with E-state index >= 15 is 0 Å². The van der Waals surface area contributed by atoms with Crippen LogP contribution in [0, 0.1) is 11.7 Å². The molecular formula is C17H23FN2O5S. The van der Waals surface area contributed by atoms with Crippen molar-refractivity contribution >= 4 is 21.9 Å². The second-order valence-corrected chi connectivity index (χ2v) is 8.17. The number of likely N-dealkylation sites (N-methyl/N-ethyl adjacent to an activating group) is 1. The van der Waals surface area contributed by atoms with E-state index in [-0.39, 0.29) is 29.2 Å². The van der Waals surface area contributed by atoms with Crippen LogP contribution in [0.3, 0.4) is 0 Å². The van der Waals surface area contributed by atoms with Crippen molar-refractivity contribution in [1.29, 1.82) is 0 Å². The van der Waals surface area contributed by atoms with Gasteiger partial charge in [0.15, 0.2) is 0 Å². The summed E-state index contributed by atoms with van der Waals surface area (Å²) in [7, 11) is -2.57. The SMILES string of the molecule is CCOC(=O)C1CCN(C(=O)CN(C)S(=O)(=O)c2ccc(F)cc2)CC1. The summed E-state index contributed by atoms with van der Waals surface area (Å²) in [6.07, 6.45) is 0.998. The number of carbonyl (C=O) groups excluding carboxylic acids is 2. The zero-order valence-corrected chi connectivity index (χ0v) is 15.7. The largest absolute Gasteiger partial charge is 0.466 e. The van der Waals surface area contributed by atoms with Crippen molar-refractivity contribution in [3.63, 3.8) is 0 Å². The van der Waals surface area contributed by atoms with E-state index in [1.54, 1.807) is 11.8 Å². The molecule has 26 heavy (non-hydrogen) atoms. The minimum atomic E-state index is -3.88. The first-order chi connectivity index (χ1) is 12.3. The Morgan fingerprint density at radius 3 is 2.35 bits per heavy atom. The van der Waals surface area contributed by atoms with Gasteiger partial charge in [0, 0.05) is 20.1 Å². The summed E-state index contributed by atoms with van der Waals surface area (Å²) in [5, 5.41) is 0. The Kier molecular flexibility index (Phi) is 6.71. The molecule has 7 nitrogen and oxygen atoms in total. The third-order valence-electron chi connectivity index (χ3n) is 4.35. The van der Waals surface area contributed by atoms with E-state index < -0.39 is 15.8 Å². The molecule has 9 heteroatoms. The van der Waals surface area contributed by atoms with Gasteiger partial charge >= 0.3 is 5.97 Å². The van der Waals surface area contributed by atoms with Crippen LogP contribution in [0.25, 0.3) is 0 Å². The summed E-state index contributed by atoms with van der Waals surface area (Å²) < 4.78 is 43.8. The topological polar surface area (TPSA) is 84.0 Å². The fourth-order valence-electron chi connectivity index (χ4n) is 2.79. The predicted molar refractivity (Wildman–Crippen MR) is 92.2 cm³/mol. The van der Waals surface area contributed by atoms with Gasteiger partial charge < -0.3 is 9.64 Å². The molecule has 0 aliphatic carbocycles. The highest BCUT2D eigenvalue weighted by Gasteiger charge is 2.30. The second-order valence-electron chi connectivity index (χ2n) is 6.12. The number of rotatable bonds is 6. The van der Waals surface area contributed by atoms with Gasteiger partial charge in [-0.25, -0.2) is 12.8 Å². The van der Waals surface area contributed by atoms with Crippen molar-refractivity contribution < 1.29 is 27.1 Å². The standard InChI is InChI=1S/C17H23FN2O5S/c1-3-25-17(22)13-8-10-20(11-9-13)16(21)12-19(2)26(23,24)15-6-4-14(18)5-7-15/h4-7,13H,3,8-12H2,1-2H3. The van der Waals surface area contributed by atoms with E-state index in [4.69, 9.17) is 4.74 Å². The number of esters is 1. The number of nitrogens with zero attached hydrogens (tertiary/aromatic N) is 2. The fraction of sp³-hybridized carbons (Fsp3) is 0.529. The lowest BCUT2D eigenvalue weighted by Gasteiger charge is -2.32. The van der Waals surface area contributed by atoms with E-state index in [9.17, 15) is 22.4 Å². The van der Waals surface area contributed by atoms with Crippen molar-refractivity contribution in [1.82, 2.24) is 9.21 Å². The zero-order valence-electron chi connectivity index (χ0n) is 14.9. The Balaban J connectivity index is 1.93. The highest BCUT2D eigenvalue weighted by molar-refractivity contribution is 7.89. The summed E-state index contributed by atoms with van der Waals surface area (Å²) in [5.41, 5.74) is 0. The highest BCUT2D eigenvalue weighted by atomic mass is 32.2. The molecule has 1 aliphatic heterocycles. The first-order valence-electron chi connectivity index (χ1n) is 8.42. The number of sulfonamides is 1. The van der Waals surface area contributed by atoms with Gasteiger partial charge in [0.1, 0.15) is 5.82 Å². The van der Waals surface area contributed by atoms with Crippen LogP contribution < -0.4 is 0 Å². The number of hydrogen-bond donors (Lipinski definition) is 0. The van der Waals surface area contributed by atoms with Gasteiger partial charge in [-0.2, -0.15) is 4.31 Å². The minimum absolute atomic E-state index is 0.0739. The predicted octanol–water partition coefficient (Wildman–Crippen LogP) is 1.25. The molecule has 1 aromatic carbocycles. The maximum Gasteiger partial charge on any atom is 0.309 e. The van der Waals surface area contributed by atoms with Crippen LogP contribution in [0.15, 0.2) is 29.2 Å². The zero-order chi connectivity index (χ0) is 19.3. The molecule has 1 aliphatic rings. The smallest absolute Gasteiger partial charge is 0.309 e. The van der Waals surface area contributed by atoms with Crippen molar-refractivity contribution in [2.75, 3.05) is 33.3 Å². The molecule has 0 radical (unpaired) electrons. The van der Waals surface area contributed by atoms with Crippen molar-refractivity contribution in [3.8, 4) is 0 Å². The van der Waals surface area contributed by atoms with E-state index in [1.165, 1.54) is 7.05 Å². The lowest BCUT2D eigenvalue weighted by atomic mass is 9.97. The number of hydrogen-bond acceptors (Lipinski definition) is 5. The van der Waals surface area contributed by atoms with Crippen LogP contribution in [0.2, 0.25) is 0 Å². The molecule has 0 bridgehead atoms. The Hall–Kier alpha value is -2.00. The number of amides is 1. The quantitative estimate of drug-likeness (QED) is 0.687. The molecule has 1 fully saturated rings. The summed E-state index contributed by atoms with van der Waals surface area (Å²) in [6, 6.07) is 4.44. The Morgan fingerprint density at radius 2 is 1.81 bits per heavy atom. The first-order valence-corrected chi connectivity index (χ1v) is 9.86. The van der Waals surface area contributed by atoms with E-state index in [2.05, 4.69) is 0 Å². The lowest BCUT2D eigenvalue weighted by molar-refractivity contribution is -0.151. The molecule has 0 atom stereocenters. The van der Waals surface area contributed by atoms with Gasteiger partial charge in [0.05, 0.1) is 24.0 Å². The van der Waals surface area contributed by atoms with Crippen LogP contribution in [0.4, 0.5) is 4.39 Å². The average Bonchev–Trinajstić information content (AvgIpc) is 2.62. The van der Waals surface area contributed by atoms with Crippen LogP contribution in [-0.2, 0) is 24.3 Å². The summed E-state index contributed by atoms with van der Waals surface area (Å²) >= 11 is 0. The number of halogens is 1. The van der Waals surface area contributed by atoms with Gasteiger partial charge in [-0.05, 0) is 44.0 Å². The summed E-state index contributed by atoms with van der Waals surface area (Å²) in [5.74, 6) is -1.34. The number of benzene rings is 1. The van der Waals surface area contributed by atoms with E-state index in [0.29, 0.717) is 32.5 Å². The molecule has 144 valence electrons. The van der Waals surface area contributed by atoms with Gasteiger partial charge in [0.2, 0.25) is 15.9 Å². The van der Waals surface area contributed by atoms with Gasteiger partial charge in [0.25, 0.3) is 0 Å². The van der Waals surface area contributed by atoms with Gasteiger partial charge in [-0.15, -0.1) is 0 Å². The molecule has 1 heterocycles. The maximum atomic E-state index is 13.0. The number of ether oxygens (including phenoxy) is 1. The monoisotopic (exact) mass is 386 g/mol. The Bertz CT molecular complexity index is 743. The maximum absolute atomic E-state index is 13.0. The van der Waals surface area contributed by atoms with Crippen LogP contribution in [0.5, 0.6) is 0 Å². The number of likely N-dealkylation sites (tertiary alicyclic amines) is 1. The second kappa shape index (κ2) is 8.59. The molecule has 2 rings (SSSR count). The fourth-order valence-corrected chi connectivity index (χ4v) is 3.91. The molecule has 0 saturated carbocycles. The number of piperidine rings is 1. The molecule has 0 unspecified atom stereocenters. The van der Waals surface area contributed by atoms with Crippen LogP contribution >= 0.6 is 0 Å². The van der Waals surface area contributed by atoms with Crippen molar-refractivity contribution in [2.45, 2.75) is 24.7 Å². The molecule has 0 aromatic heterocycles. The first kappa shape index (κ1) is 20.3. The van der Waals surface area contributed by atoms with Crippen molar-refractivity contribution in [3.05, 3.63) is 30.1 Å². The highest BCUT2D eigenvalue weighted by Crippen LogP contribution is 2.20.